The van der Waals surface area contributed by atoms with Crippen LogP contribution in [0.3, 0.4) is 0 Å². The maximum Gasteiger partial charge on any atom is 0.0964 e. The first-order chi connectivity index (χ1) is 9.38. The normalized spacial score (nSPS) is 24.4. The van der Waals surface area contributed by atoms with Crippen LogP contribution >= 0.6 is 11.3 Å². The van der Waals surface area contributed by atoms with Crippen LogP contribution in [0.5, 0.6) is 0 Å². The summed E-state index contributed by atoms with van der Waals surface area (Å²) < 4.78 is 5.46. The van der Waals surface area contributed by atoms with Crippen LogP contribution in [0, 0.1) is 0 Å². The molecular formula is C15H24N2OS. The van der Waals surface area contributed by atoms with Crippen LogP contribution in [-0.4, -0.2) is 24.7 Å². The van der Waals surface area contributed by atoms with Crippen molar-refractivity contribution in [1.82, 2.24) is 10.3 Å². The molecule has 0 aromatic carbocycles. The van der Waals surface area contributed by atoms with Crippen molar-refractivity contribution in [1.29, 1.82) is 0 Å². The SMILES string of the molecule is CCCNC1CCCc2sc(C3CCOCC3)nc21. The fourth-order valence-corrected chi connectivity index (χ4v) is 4.41. The predicted octanol–water partition coefficient (Wildman–Crippen LogP) is 3.41. The third-order valence-electron chi connectivity index (χ3n) is 4.18. The molecule has 1 aromatic rings. The van der Waals surface area contributed by atoms with Crippen LogP contribution in [0.1, 0.15) is 66.6 Å². The molecule has 1 aromatic heterocycles. The van der Waals surface area contributed by atoms with Crippen molar-refractivity contribution in [3.63, 3.8) is 0 Å². The summed E-state index contributed by atoms with van der Waals surface area (Å²) in [5, 5.41) is 5.04. The predicted molar refractivity (Wildman–Crippen MR) is 78.9 cm³/mol. The van der Waals surface area contributed by atoms with Gasteiger partial charge >= 0.3 is 0 Å². The minimum Gasteiger partial charge on any atom is -0.381 e. The molecule has 1 N–H and O–H groups in total. The van der Waals surface area contributed by atoms with Crippen LogP contribution in [0.2, 0.25) is 0 Å². The van der Waals surface area contributed by atoms with Crippen molar-refractivity contribution < 1.29 is 4.74 Å². The molecule has 0 radical (unpaired) electrons. The first-order valence-corrected chi connectivity index (χ1v) is 8.50. The van der Waals surface area contributed by atoms with E-state index in [1.165, 1.54) is 36.4 Å². The molecular weight excluding hydrogens is 256 g/mol. The maximum atomic E-state index is 5.46. The standard InChI is InChI=1S/C15H24N2OS/c1-2-8-16-12-4-3-5-13-14(12)17-15(19-13)11-6-9-18-10-7-11/h11-12,16H,2-10H2,1H3. The lowest BCUT2D eigenvalue weighted by molar-refractivity contribution is 0.0852. The van der Waals surface area contributed by atoms with E-state index in [0.29, 0.717) is 12.0 Å². The molecule has 19 heavy (non-hydrogen) atoms. The van der Waals surface area contributed by atoms with Gasteiger partial charge in [-0.2, -0.15) is 0 Å². The van der Waals surface area contributed by atoms with Gasteiger partial charge in [0.25, 0.3) is 0 Å². The largest absolute Gasteiger partial charge is 0.381 e. The molecule has 4 heteroatoms. The molecule has 2 aliphatic rings. The Morgan fingerprint density at radius 1 is 1.32 bits per heavy atom. The van der Waals surface area contributed by atoms with Gasteiger partial charge in [-0.05, 0) is 45.1 Å². The summed E-state index contributed by atoms with van der Waals surface area (Å²) in [7, 11) is 0. The Balaban J connectivity index is 1.76. The molecule has 2 heterocycles. The molecule has 1 atom stereocenters. The van der Waals surface area contributed by atoms with E-state index in [-0.39, 0.29) is 0 Å². The number of aryl methyl sites for hydroxylation is 1. The zero-order valence-corrected chi connectivity index (χ0v) is 12.6. The average Bonchev–Trinajstić information content (AvgIpc) is 2.90. The molecule has 1 unspecified atom stereocenters. The third kappa shape index (κ3) is 3.01. The van der Waals surface area contributed by atoms with Gasteiger partial charge in [0.1, 0.15) is 0 Å². The molecule has 1 aliphatic carbocycles. The van der Waals surface area contributed by atoms with Crippen molar-refractivity contribution in [3.8, 4) is 0 Å². The number of hydrogen-bond acceptors (Lipinski definition) is 4. The first kappa shape index (κ1) is 13.5. The number of hydrogen-bond donors (Lipinski definition) is 1. The Bertz CT molecular complexity index is 412. The van der Waals surface area contributed by atoms with Gasteiger partial charge in [-0.15, -0.1) is 11.3 Å². The summed E-state index contributed by atoms with van der Waals surface area (Å²) in [4.78, 5) is 6.55. The summed E-state index contributed by atoms with van der Waals surface area (Å²) in [5.74, 6) is 0.649. The van der Waals surface area contributed by atoms with Crippen molar-refractivity contribution in [2.24, 2.45) is 0 Å². The van der Waals surface area contributed by atoms with E-state index in [1.807, 2.05) is 11.3 Å². The molecule has 1 aliphatic heterocycles. The highest BCUT2D eigenvalue weighted by Crippen LogP contribution is 2.38. The van der Waals surface area contributed by atoms with Crippen molar-refractivity contribution >= 4 is 11.3 Å². The van der Waals surface area contributed by atoms with Crippen LogP contribution < -0.4 is 5.32 Å². The Labute approximate surface area is 119 Å². The van der Waals surface area contributed by atoms with Gasteiger partial charge in [0, 0.05) is 24.0 Å². The lowest BCUT2D eigenvalue weighted by Gasteiger charge is -2.22. The highest BCUT2D eigenvalue weighted by molar-refractivity contribution is 7.11. The summed E-state index contributed by atoms with van der Waals surface area (Å²) in [6.45, 7) is 5.15. The molecule has 3 rings (SSSR count). The molecule has 0 amide bonds. The van der Waals surface area contributed by atoms with Gasteiger partial charge in [0.2, 0.25) is 0 Å². The van der Waals surface area contributed by atoms with Gasteiger partial charge < -0.3 is 10.1 Å². The number of rotatable bonds is 4. The van der Waals surface area contributed by atoms with Gasteiger partial charge in [-0.1, -0.05) is 6.92 Å². The van der Waals surface area contributed by atoms with Crippen LogP contribution in [-0.2, 0) is 11.2 Å². The van der Waals surface area contributed by atoms with E-state index in [9.17, 15) is 0 Å². The smallest absolute Gasteiger partial charge is 0.0964 e. The second-order valence-corrected chi connectivity index (χ2v) is 6.76. The fourth-order valence-electron chi connectivity index (χ4n) is 3.07. The van der Waals surface area contributed by atoms with E-state index < -0.39 is 0 Å². The first-order valence-electron chi connectivity index (χ1n) is 7.69. The van der Waals surface area contributed by atoms with Crippen LogP contribution in [0.25, 0.3) is 0 Å². The minimum absolute atomic E-state index is 0.508. The Morgan fingerprint density at radius 2 is 2.16 bits per heavy atom. The lowest BCUT2D eigenvalue weighted by atomic mass is 9.97. The Kier molecular flexibility index (Phi) is 4.51. The quantitative estimate of drug-likeness (QED) is 0.917. The van der Waals surface area contributed by atoms with Gasteiger partial charge in [-0.25, -0.2) is 4.98 Å². The van der Waals surface area contributed by atoms with E-state index in [2.05, 4.69) is 12.2 Å². The summed E-state index contributed by atoms with van der Waals surface area (Å²) in [5.41, 5.74) is 1.37. The van der Waals surface area contributed by atoms with Gasteiger partial charge in [0.15, 0.2) is 0 Å². The van der Waals surface area contributed by atoms with Crippen LogP contribution in [0.4, 0.5) is 0 Å². The molecule has 0 spiro atoms. The fraction of sp³-hybridized carbons (Fsp3) is 0.800. The molecule has 1 saturated heterocycles. The second-order valence-electron chi connectivity index (χ2n) is 5.65. The van der Waals surface area contributed by atoms with E-state index in [4.69, 9.17) is 9.72 Å². The Morgan fingerprint density at radius 3 is 2.95 bits per heavy atom. The summed E-state index contributed by atoms with van der Waals surface area (Å²) >= 11 is 1.97. The van der Waals surface area contributed by atoms with E-state index in [1.54, 1.807) is 4.88 Å². The topological polar surface area (TPSA) is 34.1 Å². The monoisotopic (exact) mass is 280 g/mol. The summed E-state index contributed by atoms with van der Waals surface area (Å²) in [6, 6.07) is 0.508. The number of thiazole rings is 1. The minimum atomic E-state index is 0.508. The van der Waals surface area contributed by atoms with Crippen molar-refractivity contribution in [2.75, 3.05) is 19.8 Å². The maximum absolute atomic E-state index is 5.46. The molecule has 0 saturated carbocycles. The second kappa shape index (κ2) is 6.33. The highest BCUT2D eigenvalue weighted by atomic mass is 32.1. The number of nitrogens with one attached hydrogen (secondary N) is 1. The molecule has 1 fully saturated rings. The van der Waals surface area contributed by atoms with Gasteiger partial charge in [0.05, 0.1) is 16.7 Å². The molecule has 106 valence electrons. The number of ether oxygens (including phenoxy) is 1. The van der Waals surface area contributed by atoms with E-state index in [0.717, 1.165) is 32.6 Å². The molecule has 3 nitrogen and oxygen atoms in total. The Hall–Kier alpha value is -0.450. The summed E-state index contributed by atoms with van der Waals surface area (Å²) in [6.07, 6.45) is 7.30. The molecule has 0 bridgehead atoms. The van der Waals surface area contributed by atoms with Crippen LogP contribution in [0.15, 0.2) is 0 Å². The number of nitrogens with zero attached hydrogens (tertiary/aromatic N) is 1. The number of fused-ring (bicyclic) bond motifs is 1. The van der Waals surface area contributed by atoms with E-state index >= 15 is 0 Å². The van der Waals surface area contributed by atoms with Gasteiger partial charge in [-0.3, -0.25) is 0 Å². The zero-order valence-electron chi connectivity index (χ0n) is 11.8. The average molecular weight is 280 g/mol. The lowest BCUT2D eigenvalue weighted by Crippen LogP contribution is -2.25. The highest BCUT2D eigenvalue weighted by Gasteiger charge is 2.27. The van der Waals surface area contributed by atoms with Crippen molar-refractivity contribution in [3.05, 3.63) is 15.6 Å². The number of aromatic nitrogens is 1. The zero-order chi connectivity index (χ0) is 13.1. The van der Waals surface area contributed by atoms with Crippen molar-refractivity contribution in [2.45, 2.75) is 57.4 Å². The third-order valence-corrected chi connectivity index (χ3v) is 5.48.